The van der Waals surface area contributed by atoms with Crippen LogP contribution in [0.5, 0.6) is 0 Å². The molecule has 0 amide bonds. The van der Waals surface area contributed by atoms with Gasteiger partial charge < -0.3 is 4.90 Å². The highest BCUT2D eigenvalue weighted by Crippen LogP contribution is 2.33. The van der Waals surface area contributed by atoms with Crippen LogP contribution in [-0.2, 0) is 16.3 Å². The fourth-order valence-corrected chi connectivity index (χ4v) is 7.46. The summed E-state index contributed by atoms with van der Waals surface area (Å²) in [5.41, 5.74) is 4.94. The Bertz CT molecular complexity index is 1180. The summed E-state index contributed by atoms with van der Waals surface area (Å²) >= 11 is 13.7. The van der Waals surface area contributed by atoms with Crippen LogP contribution in [0.2, 0.25) is 10.0 Å². The number of aryl methyl sites for hydroxylation is 2. The second kappa shape index (κ2) is 9.10. The Hall–Kier alpha value is -1.60. The quantitative estimate of drug-likeness (QED) is 0.429. The number of sulfone groups is 1. The molecule has 0 bridgehead atoms. The number of aromatic nitrogens is 1. The fraction of sp³-hybridized carbons (Fsp3) is 0.348. The third-order valence-electron chi connectivity index (χ3n) is 5.89. The van der Waals surface area contributed by atoms with E-state index >= 15 is 0 Å². The summed E-state index contributed by atoms with van der Waals surface area (Å²) in [4.78, 5) is 7.20. The molecule has 0 radical (unpaired) electrons. The van der Waals surface area contributed by atoms with Gasteiger partial charge in [-0.05, 0) is 61.6 Å². The molecule has 1 aliphatic rings. The van der Waals surface area contributed by atoms with Gasteiger partial charge in [-0.3, -0.25) is 0 Å². The van der Waals surface area contributed by atoms with Crippen molar-refractivity contribution < 1.29 is 8.42 Å². The van der Waals surface area contributed by atoms with Crippen LogP contribution in [0.1, 0.15) is 35.2 Å². The molecule has 0 atom stereocenters. The highest BCUT2D eigenvalue weighted by atomic mass is 35.5. The van der Waals surface area contributed by atoms with Gasteiger partial charge in [-0.1, -0.05) is 41.4 Å². The number of anilines is 1. The molecule has 0 N–H and O–H groups in total. The largest absolute Gasteiger partial charge is 0.348 e. The van der Waals surface area contributed by atoms with E-state index in [1.54, 1.807) is 17.4 Å². The maximum absolute atomic E-state index is 13.1. The van der Waals surface area contributed by atoms with Crippen molar-refractivity contribution in [3.05, 3.63) is 74.2 Å². The van der Waals surface area contributed by atoms with Gasteiger partial charge in [0.05, 0.1) is 20.9 Å². The molecule has 0 spiro atoms. The molecule has 2 heterocycles. The monoisotopic (exact) mass is 494 g/mol. The van der Waals surface area contributed by atoms with Gasteiger partial charge in [0.1, 0.15) is 0 Å². The van der Waals surface area contributed by atoms with Crippen molar-refractivity contribution in [3.8, 4) is 0 Å². The Kier molecular flexibility index (Phi) is 6.63. The number of halogens is 2. The summed E-state index contributed by atoms with van der Waals surface area (Å²) in [5.74, 6) is 0. The molecule has 31 heavy (non-hydrogen) atoms. The summed E-state index contributed by atoms with van der Waals surface area (Å²) in [6.45, 7) is 5.58. The molecule has 4 nitrogen and oxygen atoms in total. The van der Waals surface area contributed by atoms with Crippen LogP contribution in [0.25, 0.3) is 0 Å². The van der Waals surface area contributed by atoms with Gasteiger partial charge in [0.15, 0.2) is 15.0 Å². The second-order valence-electron chi connectivity index (χ2n) is 7.97. The van der Waals surface area contributed by atoms with E-state index in [0.29, 0.717) is 31.0 Å². The fourth-order valence-electron chi connectivity index (χ4n) is 4.07. The van der Waals surface area contributed by atoms with E-state index in [9.17, 15) is 8.42 Å². The normalized spacial score (nSPS) is 15.4. The molecular formula is C23H24Cl2N2O2S2. The van der Waals surface area contributed by atoms with E-state index in [1.165, 1.54) is 28.8 Å². The summed E-state index contributed by atoms with van der Waals surface area (Å²) in [6, 6.07) is 10.9. The molecule has 164 valence electrons. The highest BCUT2D eigenvalue weighted by Gasteiger charge is 2.33. The molecule has 1 saturated heterocycles. The average molecular weight is 495 g/mol. The minimum Gasteiger partial charge on any atom is -0.348 e. The number of benzene rings is 2. The number of hydrogen-bond donors (Lipinski definition) is 0. The van der Waals surface area contributed by atoms with Crippen molar-refractivity contribution in [2.45, 2.75) is 43.3 Å². The summed E-state index contributed by atoms with van der Waals surface area (Å²) in [7, 11) is -3.49. The Morgan fingerprint density at radius 2 is 1.77 bits per heavy atom. The number of nitrogens with zero attached hydrogens (tertiary/aromatic N) is 2. The standard InChI is InChI=1S/C23H24Cl2N2O2S2/c1-15-4-3-5-16(2)20(15)13-18-14-30-23(26-18)27-10-8-19(9-11-27)31(28,29)22-7-6-17(24)12-21(22)25/h3-7,12,14,19H,8-11,13H2,1-2H3. The average Bonchev–Trinajstić information content (AvgIpc) is 3.19. The van der Waals surface area contributed by atoms with Gasteiger partial charge in [-0.15, -0.1) is 11.3 Å². The molecule has 1 aromatic heterocycles. The predicted octanol–water partition coefficient (Wildman–Crippen LogP) is 6.10. The zero-order chi connectivity index (χ0) is 22.2. The van der Waals surface area contributed by atoms with E-state index in [-0.39, 0.29) is 9.92 Å². The molecular weight excluding hydrogens is 471 g/mol. The van der Waals surface area contributed by atoms with Crippen LogP contribution in [0, 0.1) is 13.8 Å². The predicted molar refractivity (Wildman–Crippen MR) is 130 cm³/mol. The van der Waals surface area contributed by atoms with E-state index < -0.39 is 15.1 Å². The van der Waals surface area contributed by atoms with Crippen molar-refractivity contribution in [1.82, 2.24) is 4.98 Å². The molecule has 0 aliphatic carbocycles. The first kappa shape index (κ1) is 22.6. The summed E-state index contributed by atoms with van der Waals surface area (Å²) in [5, 5.41) is 3.24. The van der Waals surface area contributed by atoms with E-state index in [1.807, 2.05) is 0 Å². The van der Waals surface area contributed by atoms with Gasteiger partial charge in [-0.25, -0.2) is 13.4 Å². The van der Waals surface area contributed by atoms with Crippen LogP contribution in [0.3, 0.4) is 0 Å². The minimum atomic E-state index is -3.49. The molecule has 0 saturated carbocycles. The lowest BCUT2D eigenvalue weighted by Crippen LogP contribution is -2.39. The molecule has 0 unspecified atom stereocenters. The van der Waals surface area contributed by atoms with E-state index in [2.05, 4.69) is 42.3 Å². The van der Waals surface area contributed by atoms with Crippen molar-refractivity contribution >= 4 is 49.5 Å². The maximum Gasteiger partial charge on any atom is 0.185 e. The lowest BCUT2D eigenvalue weighted by molar-refractivity contribution is 0.529. The van der Waals surface area contributed by atoms with Crippen LogP contribution in [0.15, 0.2) is 46.7 Å². The van der Waals surface area contributed by atoms with Crippen molar-refractivity contribution in [3.63, 3.8) is 0 Å². The first-order valence-electron chi connectivity index (χ1n) is 10.2. The topological polar surface area (TPSA) is 50.3 Å². The van der Waals surface area contributed by atoms with Gasteiger partial charge in [0.25, 0.3) is 0 Å². The Balaban J connectivity index is 1.44. The molecule has 4 rings (SSSR count). The lowest BCUT2D eigenvalue weighted by atomic mass is 9.99. The third-order valence-corrected chi connectivity index (χ3v) is 9.82. The van der Waals surface area contributed by atoms with Crippen molar-refractivity contribution in [2.24, 2.45) is 0 Å². The Labute approximate surface area is 197 Å². The zero-order valence-electron chi connectivity index (χ0n) is 17.4. The van der Waals surface area contributed by atoms with E-state index in [0.717, 1.165) is 17.2 Å². The van der Waals surface area contributed by atoms with Gasteiger partial charge in [0, 0.05) is 29.9 Å². The first-order chi connectivity index (χ1) is 14.8. The Morgan fingerprint density at radius 3 is 2.42 bits per heavy atom. The molecule has 3 aromatic rings. The van der Waals surface area contributed by atoms with Gasteiger partial charge >= 0.3 is 0 Å². The number of thiazole rings is 1. The number of rotatable bonds is 5. The van der Waals surface area contributed by atoms with Gasteiger partial charge in [0.2, 0.25) is 0 Å². The SMILES string of the molecule is Cc1cccc(C)c1Cc1csc(N2CCC(S(=O)(=O)c3ccc(Cl)cc3Cl)CC2)n1. The van der Waals surface area contributed by atoms with Crippen LogP contribution < -0.4 is 4.90 Å². The Morgan fingerprint density at radius 1 is 1.10 bits per heavy atom. The molecule has 8 heteroatoms. The van der Waals surface area contributed by atoms with Crippen molar-refractivity contribution in [2.75, 3.05) is 18.0 Å². The third kappa shape index (κ3) is 4.77. The lowest BCUT2D eigenvalue weighted by Gasteiger charge is -2.31. The minimum absolute atomic E-state index is 0.169. The first-order valence-corrected chi connectivity index (χ1v) is 13.4. The second-order valence-corrected chi connectivity index (χ2v) is 11.9. The highest BCUT2D eigenvalue weighted by molar-refractivity contribution is 7.92. The molecule has 1 fully saturated rings. The van der Waals surface area contributed by atoms with Gasteiger partial charge in [-0.2, -0.15) is 0 Å². The molecule has 1 aliphatic heterocycles. The number of hydrogen-bond acceptors (Lipinski definition) is 5. The number of piperidine rings is 1. The van der Waals surface area contributed by atoms with Crippen LogP contribution in [-0.4, -0.2) is 31.7 Å². The molecule has 2 aromatic carbocycles. The van der Waals surface area contributed by atoms with Crippen LogP contribution >= 0.6 is 34.5 Å². The zero-order valence-corrected chi connectivity index (χ0v) is 20.6. The van der Waals surface area contributed by atoms with E-state index in [4.69, 9.17) is 28.2 Å². The summed E-state index contributed by atoms with van der Waals surface area (Å²) < 4.78 is 26.1. The van der Waals surface area contributed by atoms with Crippen molar-refractivity contribution in [1.29, 1.82) is 0 Å². The van der Waals surface area contributed by atoms with Crippen LogP contribution in [0.4, 0.5) is 5.13 Å². The maximum atomic E-state index is 13.1. The smallest absolute Gasteiger partial charge is 0.185 e. The summed E-state index contributed by atoms with van der Waals surface area (Å²) in [6.07, 6.45) is 1.91.